The number of hydrogen-bond donors (Lipinski definition) is 5. The number of urea groups is 1. The second-order valence-corrected chi connectivity index (χ2v) is 4.37. The number of benzene rings is 1. The maximum absolute atomic E-state index is 11.3. The van der Waals surface area contributed by atoms with E-state index in [0.29, 0.717) is 6.42 Å². The number of amides is 3. The Balaban J connectivity index is 2.16. The lowest BCUT2D eigenvalue weighted by atomic mass is 10.1. The summed E-state index contributed by atoms with van der Waals surface area (Å²) < 4.78 is 4.54. The van der Waals surface area contributed by atoms with Gasteiger partial charge in [0.25, 0.3) is 0 Å². The first-order chi connectivity index (χ1) is 10.1. The minimum absolute atomic E-state index is 0.381. The molecule has 112 valence electrons. The van der Waals surface area contributed by atoms with E-state index in [1.807, 2.05) is 35.9 Å². The lowest BCUT2D eigenvalue weighted by molar-refractivity contribution is 0.164. The molecule has 0 spiro atoms. The maximum Gasteiger partial charge on any atom is 0.408 e. The number of H-pyrrole nitrogens is 1. The van der Waals surface area contributed by atoms with E-state index in [9.17, 15) is 9.59 Å². The van der Waals surface area contributed by atoms with E-state index in [-0.39, 0.29) is 0 Å². The molecule has 0 aliphatic heterocycles. The monoisotopic (exact) mass is 291 g/mol. The van der Waals surface area contributed by atoms with Gasteiger partial charge in [-0.15, -0.1) is 0 Å². The van der Waals surface area contributed by atoms with Gasteiger partial charge < -0.3 is 20.4 Å². The first-order valence-corrected chi connectivity index (χ1v) is 6.30. The lowest BCUT2D eigenvalue weighted by Gasteiger charge is -2.19. The molecule has 1 aromatic carbocycles. The first kappa shape index (κ1) is 14.7. The third-order valence-corrected chi connectivity index (χ3v) is 3.01. The molecule has 0 unspecified atom stereocenters. The number of carbonyl (C=O) groups is 2. The maximum atomic E-state index is 11.3. The number of methoxy groups -OCH3 is 1. The summed E-state index contributed by atoms with van der Waals surface area (Å²) >= 11 is 0. The number of aromatic amines is 1. The summed E-state index contributed by atoms with van der Waals surface area (Å²) in [5.41, 5.74) is 3.88. The molecular formula is C13H17N5O3. The molecule has 8 heteroatoms. The van der Waals surface area contributed by atoms with E-state index in [1.54, 1.807) is 0 Å². The lowest BCUT2D eigenvalue weighted by Crippen LogP contribution is -2.53. The fourth-order valence-corrected chi connectivity index (χ4v) is 2.06. The van der Waals surface area contributed by atoms with Gasteiger partial charge in [-0.05, 0) is 11.6 Å². The number of ether oxygens (including phenoxy) is 1. The van der Waals surface area contributed by atoms with Crippen molar-refractivity contribution in [1.29, 1.82) is 0 Å². The van der Waals surface area contributed by atoms with E-state index < -0.39 is 18.3 Å². The molecule has 8 nitrogen and oxygen atoms in total. The summed E-state index contributed by atoms with van der Waals surface area (Å²) in [5.74, 6) is 5.04. The Hall–Kier alpha value is -2.74. The fourth-order valence-electron chi connectivity index (χ4n) is 2.06. The van der Waals surface area contributed by atoms with Gasteiger partial charge in [0.15, 0.2) is 0 Å². The summed E-state index contributed by atoms with van der Waals surface area (Å²) in [6, 6.07) is 7.15. The van der Waals surface area contributed by atoms with Crippen LogP contribution in [0.3, 0.4) is 0 Å². The number of fused-ring (bicyclic) bond motifs is 1. The van der Waals surface area contributed by atoms with Gasteiger partial charge in [0.2, 0.25) is 0 Å². The molecule has 6 N–H and O–H groups in total. The molecule has 0 fully saturated rings. The Morgan fingerprint density at radius 3 is 2.81 bits per heavy atom. The van der Waals surface area contributed by atoms with Crippen LogP contribution in [-0.4, -0.2) is 30.4 Å². The molecule has 21 heavy (non-hydrogen) atoms. The van der Waals surface area contributed by atoms with E-state index in [2.05, 4.69) is 20.4 Å². The van der Waals surface area contributed by atoms with E-state index in [0.717, 1.165) is 16.5 Å². The van der Waals surface area contributed by atoms with E-state index in [1.165, 1.54) is 7.11 Å². The van der Waals surface area contributed by atoms with Crippen molar-refractivity contribution in [1.82, 2.24) is 21.0 Å². The smallest absolute Gasteiger partial charge is 0.408 e. The third-order valence-electron chi connectivity index (χ3n) is 3.01. The summed E-state index contributed by atoms with van der Waals surface area (Å²) in [6.07, 6.45) is 0.919. The van der Waals surface area contributed by atoms with Crippen LogP contribution in [0.5, 0.6) is 0 Å². The van der Waals surface area contributed by atoms with Crippen LogP contribution in [-0.2, 0) is 11.2 Å². The van der Waals surface area contributed by atoms with Crippen LogP contribution in [0.15, 0.2) is 30.5 Å². The molecule has 0 saturated carbocycles. The van der Waals surface area contributed by atoms with Crippen molar-refractivity contribution in [2.75, 3.05) is 7.11 Å². The summed E-state index contributed by atoms with van der Waals surface area (Å²) in [5, 5.41) is 6.08. The Bertz CT molecular complexity index is 622. The zero-order valence-corrected chi connectivity index (χ0v) is 11.5. The van der Waals surface area contributed by atoms with Crippen molar-refractivity contribution in [2.24, 2.45) is 5.84 Å². The van der Waals surface area contributed by atoms with Gasteiger partial charge in [-0.1, -0.05) is 18.2 Å². The highest BCUT2D eigenvalue weighted by Gasteiger charge is 2.17. The normalized spacial score (nSPS) is 11.7. The highest BCUT2D eigenvalue weighted by Crippen LogP contribution is 2.18. The number of carbonyl (C=O) groups excluding carboxylic acids is 2. The zero-order chi connectivity index (χ0) is 15.2. The Labute approximate surface area is 121 Å². The standard InChI is InChI=1S/C13H17N5O3/c1-21-13(20)17-11(16-12(19)18-14)6-8-7-15-10-5-3-2-4-9(8)10/h2-5,7,11,15H,6,14H2,1H3,(H,17,20)(H2,16,18,19)/t11-/m0/s1. The van der Waals surface area contributed by atoms with Gasteiger partial charge in [0.05, 0.1) is 7.11 Å². The van der Waals surface area contributed by atoms with Crippen LogP contribution < -0.4 is 21.9 Å². The highest BCUT2D eigenvalue weighted by atomic mass is 16.5. The summed E-state index contributed by atoms with van der Waals surface area (Å²) in [6.45, 7) is 0. The number of para-hydroxylation sites is 1. The van der Waals surface area contributed by atoms with Crippen LogP contribution in [0, 0.1) is 0 Å². The van der Waals surface area contributed by atoms with Gasteiger partial charge in [-0.2, -0.15) is 0 Å². The van der Waals surface area contributed by atoms with Crippen molar-refractivity contribution in [3.05, 3.63) is 36.0 Å². The number of nitrogens with one attached hydrogen (secondary N) is 4. The fraction of sp³-hybridized carbons (Fsp3) is 0.231. The number of rotatable bonds is 4. The van der Waals surface area contributed by atoms with Gasteiger partial charge in [-0.25, -0.2) is 15.4 Å². The molecule has 1 atom stereocenters. The van der Waals surface area contributed by atoms with Gasteiger partial charge in [0.1, 0.15) is 6.17 Å². The average molecular weight is 291 g/mol. The van der Waals surface area contributed by atoms with E-state index in [4.69, 9.17) is 5.84 Å². The topological polar surface area (TPSA) is 121 Å². The molecule has 0 radical (unpaired) electrons. The van der Waals surface area contributed by atoms with Crippen LogP contribution in [0.4, 0.5) is 9.59 Å². The Morgan fingerprint density at radius 2 is 2.10 bits per heavy atom. The quantitative estimate of drug-likeness (QED) is 0.244. The first-order valence-electron chi connectivity index (χ1n) is 6.30. The van der Waals surface area contributed by atoms with Crippen LogP contribution in [0.1, 0.15) is 5.56 Å². The van der Waals surface area contributed by atoms with Crippen LogP contribution in [0.2, 0.25) is 0 Å². The SMILES string of the molecule is COC(=O)N[C@@H](Cc1c[nH]c2ccccc12)NC(=O)NN. The number of nitrogens with two attached hydrogens (primary N) is 1. The molecular weight excluding hydrogens is 274 g/mol. The largest absolute Gasteiger partial charge is 0.453 e. The molecule has 0 aliphatic rings. The number of aromatic nitrogens is 1. The second-order valence-electron chi connectivity index (χ2n) is 4.37. The Kier molecular flexibility index (Phi) is 4.62. The average Bonchev–Trinajstić information content (AvgIpc) is 2.90. The molecule has 1 heterocycles. The zero-order valence-electron chi connectivity index (χ0n) is 11.5. The van der Waals surface area contributed by atoms with Crippen molar-refractivity contribution < 1.29 is 14.3 Å². The van der Waals surface area contributed by atoms with Crippen molar-refractivity contribution in [2.45, 2.75) is 12.6 Å². The molecule has 0 aliphatic carbocycles. The van der Waals surface area contributed by atoms with E-state index >= 15 is 0 Å². The molecule has 0 bridgehead atoms. The molecule has 3 amide bonds. The predicted octanol–water partition coefficient (Wildman–Crippen LogP) is 0.565. The van der Waals surface area contributed by atoms with Crippen LogP contribution >= 0.6 is 0 Å². The number of alkyl carbamates (subject to hydrolysis) is 1. The third kappa shape index (κ3) is 3.63. The Morgan fingerprint density at radius 1 is 1.33 bits per heavy atom. The van der Waals surface area contributed by atoms with Crippen LogP contribution in [0.25, 0.3) is 10.9 Å². The van der Waals surface area contributed by atoms with Gasteiger partial charge in [0, 0.05) is 23.5 Å². The van der Waals surface area contributed by atoms with Gasteiger partial charge >= 0.3 is 12.1 Å². The van der Waals surface area contributed by atoms with Crippen molar-refractivity contribution in [3.8, 4) is 0 Å². The number of hydrazine groups is 1. The summed E-state index contributed by atoms with van der Waals surface area (Å²) in [7, 11) is 1.25. The second kappa shape index (κ2) is 6.62. The molecule has 2 rings (SSSR count). The molecule has 2 aromatic rings. The highest BCUT2D eigenvalue weighted by molar-refractivity contribution is 5.83. The van der Waals surface area contributed by atoms with Crippen molar-refractivity contribution in [3.63, 3.8) is 0 Å². The summed E-state index contributed by atoms with van der Waals surface area (Å²) in [4.78, 5) is 25.8. The number of hydrogen-bond acceptors (Lipinski definition) is 4. The minimum Gasteiger partial charge on any atom is -0.453 e. The minimum atomic E-state index is -0.653. The van der Waals surface area contributed by atoms with Gasteiger partial charge in [-0.3, -0.25) is 5.43 Å². The molecule has 0 saturated heterocycles. The predicted molar refractivity (Wildman–Crippen MR) is 77.2 cm³/mol. The van der Waals surface area contributed by atoms with Crippen molar-refractivity contribution >= 4 is 23.0 Å². The molecule has 1 aromatic heterocycles.